The van der Waals surface area contributed by atoms with E-state index in [2.05, 4.69) is 10.6 Å². The number of phenolic OH excluding ortho intramolecular Hbond substituents is 1. The van der Waals surface area contributed by atoms with Crippen molar-refractivity contribution in [2.75, 3.05) is 13.9 Å². The van der Waals surface area contributed by atoms with Crippen molar-refractivity contribution in [2.24, 2.45) is 0 Å². The number of phenols is 1. The third kappa shape index (κ3) is 3.69. The number of carbonyl (C=O) groups excluding carboxylic acids is 2. The minimum Gasteiger partial charge on any atom is -0.504 e. The maximum atomic E-state index is 12.9. The normalized spacial score (nSPS) is 17.3. The second-order valence-corrected chi connectivity index (χ2v) is 6.77. The van der Waals surface area contributed by atoms with Gasteiger partial charge >= 0.3 is 12.0 Å². The summed E-state index contributed by atoms with van der Waals surface area (Å²) < 4.78 is 21.2. The number of esters is 1. The fraction of sp³-hybridized carbons (Fsp3) is 0.238. The van der Waals surface area contributed by atoms with Gasteiger partial charge in [-0.25, -0.2) is 9.59 Å². The molecule has 9 heteroatoms. The van der Waals surface area contributed by atoms with Crippen LogP contribution in [0.4, 0.5) is 4.79 Å². The van der Waals surface area contributed by atoms with Gasteiger partial charge in [0, 0.05) is 5.70 Å². The molecular formula is C21H20N2O7. The average molecular weight is 412 g/mol. The van der Waals surface area contributed by atoms with E-state index < -0.39 is 18.0 Å². The van der Waals surface area contributed by atoms with E-state index in [1.165, 1.54) is 13.2 Å². The van der Waals surface area contributed by atoms with Gasteiger partial charge in [0.05, 0.1) is 18.7 Å². The lowest BCUT2D eigenvalue weighted by atomic mass is 9.95. The molecule has 4 rings (SSSR count). The Labute approximate surface area is 172 Å². The molecule has 3 N–H and O–H groups in total. The largest absolute Gasteiger partial charge is 0.504 e. The molecular weight excluding hydrogens is 392 g/mol. The van der Waals surface area contributed by atoms with E-state index in [0.29, 0.717) is 22.8 Å². The van der Waals surface area contributed by atoms with E-state index in [9.17, 15) is 14.7 Å². The number of nitrogens with one attached hydrogen (secondary N) is 2. The molecule has 0 bridgehead atoms. The molecule has 0 radical (unpaired) electrons. The van der Waals surface area contributed by atoms with E-state index in [0.717, 1.165) is 5.56 Å². The van der Waals surface area contributed by atoms with Gasteiger partial charge in [0.2, 0.25) is 6.79 Å². The van der Waals surface area contributed by atoms with Gasteiger partial charge in [0.25, 0.3) is 0 Å². The van der Waals surface area contributed by atoms with E-state index in [4.69, 9.17) is 18.9 Å². The number of benzene rings is 2. The first-order valence-corrected chi connectivity index (χ1v) is 9.17. The summed E-state index contributed by atoms with van der Waals surface area (Å²) in [7, 11) is 1.42. The zero-order valence-corrected chi connectivity index (χ0v) is 16.4. The van der Waals surface area contributed by atoms with Gasteiger partial charge in [-0.1, -0.05) is 12.1 Å². The van der Waals surface area contributed by atoms with Crippen molar-refractivity contribution in [1.82, 2.24) is 10.6 Å². The molecule has 2 amide bonds. The van der Waals surface area contributed by atoms with Crippen LogP contribution in [0.15, 0.2) is 47.7 Å². The smallest absolute Gasteiger partial charge is 0.338 e. The molecule has 0 aromatic heterocycles. The van der Waals surface area contributed by atoms with Crippen LogP contribution in [0.25, 0.3) is 0 Å². The number of fused-ring (bicyclic) bond motifs is 1. The number of carbonyl (C=O) groups is 2. The maximum Gasteiger partial charge on any atom is 0.338 e. The predicted octanol–water partition coefficient (Wildman–Crippen LogP) is 2.50. The Hall–Kier alpha value is -3.88. The summed E-state index contributed by atoms with van der Waals surface area (Å²) in [4.78, 5) is 24.9. The van der Waals surface area contributed by atoms with Crippen LogP contribution in [0.1, 0.15) is 24.1 Å². The first-order valence-electron chi connectivity index (χ1n) is 9.17. The van der Waals surface area contributed by atoms with Crippen molar-refractivity contribution in [1.29, 1.82) is 0 Å². The van der Waals surface area contributed by atoms with Crippen LogP contribution >= 0.6 is 0 Å². The molecule has 0 unspecified atom stereocenters. The zero-order valence-electron chi connectivity index (χ0n) is 16.4. The Kier molecular flexibility index (Phi) is 5.09. The lowest BCUT2D eigenvalue weighted by Crippen LogP contribution is -2.45. The summed E-state index contributed by atoms with van der Waals surface area (Å²) in [6.45, 7) is 1.81. The lowest BCUT2D eigenvalue weighted by molar-refractivity contribution is -0.140. The molecule has 0 fully saturated rings. The molecule has 2 aromatic carbocycles. The SMILES string of the molecule is COc1cc([C@H]2NC(=O)NC(C)=C2C(=O)OCc2ccc3c(c2)OCO3)ccc1O. The first-order chi connectivity index (χ1) is 14.5. The highest BCUT2D eigenvalue weighted by molar-refractivity contribution is 5.95. The second kappa shape index (κ2) is 7.86. The number of hydrogen-bond acceptors (Lipinski definition) is 7. The van der Waals surface area contributed by atoms with Crippen LogP contribution in [0.5, 0.6) is 23.0 Å². The number of methoxy groups -OCH3 is 1. The molecule has 2 aromatic rings. The minimum atomic E-state index is -0.766. The first kappa shape index (κ1) is 19.4. The Morgan fingerprint density at radius 2 is 2.00 bits per heavy atom. The van der Waals surface area contributed by atoms with Gasteiger partial charge in [-0.2, -0.15) is 0 Å². The Balaban J connectivity index is 1.57. The van der Waals surface area contributed by atoms with Crippen LogP contribution < -0.4 is 24.8 Å². The number of urea groups is 1. The molecule has 0 saturated carbocycles. The molecule has 0 aliphatic carbocycles. The number of aromatic hydroxyl groups is 1. The highest BCUT2D eigenvalue weighted by Crippen LogP contribution is 2.35. The van der Waals surface area contributed by atoms with E-state index >= 15 is 0 Å². The molecule has 156 valence electrons. The van der Waals surface area contributed by atoms with Gasteiger partial charge in [-0.3, -0.25) is 0 Å². The van der Waals surface area contributed by atoms with Crippen molar-refractivity contribution in [3.8, 4) is 23.0 Å². The number of ether oxygens (including phenoxy) is 4. The number of hydrogen-bond donors (Lipinski definition) is 3. The lowest BCUT2D eigenvalue weighted by Gasteiger charge is -2.28. The van der Waals surface area contributed by atoms with Gasteiger partial charge < -0.3 is 34.7 Å². The summed E-state index contributed by atoms with van der Waals surface area (Å²) in [5.41, 5.74) is 1.94. The van der Waals surface area contributed by atoms with Gasteiger partial charge in [0.15, 0.2) is 23.0 Å². The standard InChI is InChI=1S/C21H20N2O7/c1-11-18(20(25)28-9-12-3-6-15-17(7-12)30-10-29-15)19(23-21(26)22-11)13-4-5-14(24)16(8-13)27-2/h3-8,19,24H,9-10H2,1-2H3,(H2,22,23,26)/t19-/m1/s1. The van der Waals surface area contributed by atoms with Crippen molar-refractivity contribution < 1.29 is 33.6 Å². The zero-order chi connectivity index (χ0) is 21.3. The average Bonchev–Trinajstić information content (AvgIpc) is 3.19. The second-order valence-electron chi connectivity index (χ2n) is 6.77. The molecule has 1 atom stereocenters. The number of amides is 2. The van der Waals surface area contributed by atoms with Crippen molar-refractivity contribution >= 4 is 12.0 Å². The van der Waals surface area contributed by atoms with Crippen LogP contribution in [-0.4, -0.2) is 31.0 Å². The minimum absolute atomic E-state index is 0.0197. The van der Waals surface area contributed by atoms with Crippen molar-refractivity contribution in [3.63, 3.8) is 0 Å². The Morgan fingerprint density at radius 3 is 2.80 bits per heavy atom. The van der Waals surface area contributed by atoms with E-state index in [1.54, 1.807) is 37.3 Å². The fourth-order valence-corrected chi connectivity index (χ4v) is 3.35. The number of allylic oxidation sites excluding steroid dienone is 1. The molecule has 2 heterocycles. The molecule has 2 aliphatic rings. The van der Waals surface area contributed by atoms with Gasteiger partial charge in [-0.05, 0) is 42.3 Å². The predicted molar refractivity (Wildman–Crippen MR) is 104 cm³/mol. The molecule has 9 nitrogen and oxygen atoms in total. The monoisotopic (exact) mass is 412 g/mol. The summed E-state index contributed by atoms with van der Waals surface area (Å²) in [6, 6.07) is 8.67. The van der Waals surface area contributed by atoms with E-state index in [1.807, 2.05) is 0 Å². The summed E-state index contributed by atoms with van der Waals surface area (Å²) in [5, 5.41) is 15.2. The molecule has 0 saturated heterocycles. The quantitative estimate of drug-likeness (QED) is 0.646. The summed E-state index contributed by atoms with van der Waals surface area (Å²) in [5.74, 6) is 0.832. The summed E-state index contributed by atoms with van der Waals surface area (Å²) >= 11 is 0. The fourth-order valence-electron chi connectivity index (χ4n) is 3.35. The Morgan fingerprint density at radius 1 is 1.20 bits per heavy atom. The molecule has 30 heavy (non-hydrogen) atoms. The van der Waals surface area contributed by atoms with E-state index in [-0.39, 0.29) is 30.5 Å². The molecule has 0 spiro atoms. The highest BCUT2D eigenvalue weighted by Gasteiger charge is 2.32. The maximum absolute atomic E-state index is 12.9. The topological polar surface area (TPSA) is 115 Å². The third-order valence-corrected chi connectivity index (χ3v) is 4.83. The van der Waals surface area contributed by atoms with Crippen molar-refractivity contribution in [2.45, 2.75) is 19.6 Å². The Bertz CT molecular complexity index is 1050. The third-order valence-electron chi connectivity index (χ3n) is 4.83. The summed E-state index contributed by atoms with van der Waals surface area (Å²) in [6.07, 6.45) is 0. The van der Waals surface area contributed by atoms with Crippen LogP contribution in [0.3, 0.4) is 0 Å². The van der Waals surface area contributed by atoms with Crippen LogP contribution in [0.2, 0.25) is 0 Å². The van der Waals surface area contributed by atoms with Crippen LogP contribution in [-0.2, 0) is 16.1 Å². The van der Waals surface area contributed by atoms with Crippen LogP contribution in [0, 0.1) is 0 Å². The molecule has 2 aliphatic heterocycles. The highest BCUT2D eigenvalue weighted by atomic mass is 16.7. The van der Waals surface area contributed by atoms with Gasteiger partial charge in [-0.15, -0.1) is 0 Å². The number of rotatable bonds is 5. The van der Waals surface area contributed by atoms with Gasteiger partial charge in [0.1, 0.15) is 6.61 Å². The van der Waals surface area contributed by atoms with Crippen molar-refractivity contribution in [3.05, 3.63) is 58.8 Å².